The van der Waals surface area contributed by atoms with Gasteiger partial charge in [0.1, 0.15) is 28.6 Å². The van der Waals surface area contributed by atoms with Gasteiger partial charge in [0.15, 0.2) is 0 Å². The van der Waals surface area contributed by atoms with E-state index in [9.17, 15) is 14.3 Å². The van der Waals surface area contributed by atoms with Crippen molar-refractivity contribution < 1.29 is 32.8 Å². The van der Waals surface area contributed by atoms with E-state index in [-0.39, 0.29) is 33.7 Å². The molecule has 3 heterocycles. The minimum atomic E-state index is -1.31. The van der Waals surface area contributed by atoms with E-state index in [0.717, 1.165) is 74.8 Å². The van der Waals surface area contributed by atoms with Gasteiger partial charge in [0.05, 0.1) is 40.3 Å². The van der Waals surface area contributed by atoms with Crippen molar-refractivity contribution in [3.8, 4) is 28.4 Å². The molecule has 3 aromatic heterocycles. The van der Waals surface area contributed by atoms with Crippen LogP contribution in [0.15, 0.2) is 33.6 Å². The molecule has 0 radical (unpaired) electrons. The Hall–Kier alpha value is -3.54. The summed E-state index contributed by atoms with van der Waals surface area (Å²) >= 11 is 12.9. The number of aromatic carboxylic acids is 1. The molecule has 2 bridgehead atoms. The number of rotatable bonds is 9. The molecule has 0 aliphatic heterocycles. The molecule has 4 aliphatic rings. The number of methoxy groups -OCH3 is 1. The Morgan fingerprint density at radius 1 is 1.07 bits per heavy atom. The standard InChI is InChI=1S/C30H27Cl2FN4O6/c1-40-25-17(10-16(33)11-18(25)27(38)39)26-35-28(43-37-26)29-4-7-30(8-5-29,9-6-29)41-14-19-23(36-42-24(19)15-2-3-15)22-20(31)12-34-13-21(22)32/h10-13,15H,2-9,14H2,1H3,(H,38,39). The molecule has 0 amide bonds. The van der Waals surface area contributed by atoms with E-state index < -0.39 is 11.8 Å². The molecule has 1 aromatic carbocycles. The number of aromatic nitrogens is 4. The molecule has 8 rings (SSSR count). The number of carboxylic acid groups (broad SMARTS) is 1. The molecular weight excluding hydrogens is 602 g/mol. The van der Waals surface area contributed by atoms with Gasteiger partial charge in [0, 0.05) is 29.4 Å². The van der Waals surface area contributed by atoms with Crippen LogP contribution in [0.25, 0.3) is 22.6 Å². The van der Waals surface area contributed by atoms with Crippen LogP contribution in [-0.4, -0.2) is 44.1 Å². The first-order valence-corrected chi connectivity index (χ1v) is 14.9. The Morgan fingerprint density at radius 2 is 1.77 bits per heavy atom. The molecular formula is C30H27Cl2FN4O6. The molecule has 1 N–H and O–H groups in total. The maximum Gasteiger partial charge on any atom is 0.339 e. The van der Waals surface area contributed by atoms with Crippen molar-refractivity contribution >= 4 is 29.2 Å². The summed E-state index contributed by atoms with van der Waals surface area (Å²) in [6.07, 6.45) is 9.82. The van der Waals surface area contributed by atoms with Gasteiger partial charge in [-0.25, -0.2) is 9.18 Å². The van der Waals surface area contributed by atoms with Gasteiger partial charge in [-0.05, 0) is 63.5 Å². The fraction of sp³-hybridized carbons (Fsp3) is 0.433. The summed E-state index contributed by atoms with van der Waals surface area (Å²) in [5.74, 6) is -0.382. The number of fused-ring (bicyclic) bond motifs is 3. The van der Waals surface area contributed by atoms with Crippen LogP contribution >= 0.6 is 23.2 Å². The summed E-state index contributed by atoms with van der Waals surface area (Å²) in [6, 6.07) is 2.06. The van der Waals surface area contributed by atoms with Gasteiger partial charge in [-0.15, -0.1) is 0 Å². The second kappa shape index (κ2) is 10.6. The van der Waals surface area contributed by atoms with Crippen LogP contribution in [0, 0.1) is 5.82 Å². The van der Waals surface area contributed by atoms with Gasteiger partial charge in [0.2, 0.25) is 11.7 Å². The Kier molecular flexibility index (Phi) is 6.94. The first kappa shape index (κ1) is 28.2. The normalized spacial score (nSPS) is 23.1. The first-order chi connectivity index (χ1) is 20.7. The third kappa shape index (κ3) is 4.87. The zero-order valence-corrected chi connectivity index (χ0v) is 24.7. The number of halogens is 3. The highest BCUT2D eigenvalue weighted by Gasteiger charge is 2.53. The predicted octanol–water partition coefficient (Wildman–Crippen LogP) is 7.38. The highest BCUT2D eigenvalue weighted by Crippen LogP contribution is 2.56. The topological polar surface area (TPSA) is 134 Å². The lowest BCUT2D eigenvalue weighted by atomic mass is 9.58. The van der Waals surface area contributed by atoms with Crippen LogP contribution in [-0.2, 0) is 16.8 Å². The van der Waals surface area contributed by atoms with Gasteiger partial charge >= 0.3 is 5.97 Å². The quantitative estimate of drug-likeness (QED) is 0.200. The number of nitrogens with zero attached hydrogens (tertiary/aromatic N) is 4. The molecule has 4 aromatic rings. The Morgan fingerprint density at radius 3 is 2.40 bits per heavy atom. The SMILES string of the molecule is COc1c(C(=O)O)cc(F)cc1-c1noc(C23CCC(OCc4c(-c5c(Cl)cncc5Cl)noc4C4CC4)(CC2)CC3)n1. The molecule has 0 spiro atoms. The maximum atomic E-state index is 14.3. The number of hydrogen-bond donors (Lipinski definition) is 1. The Bertz CT molecular complexity index is 1690. The van der Waals surface area contributed by atoms with Crippen molar-refractivity contribution in [2.45, 2.75) is 74.9 Å². The second-order valence-corrected chi connectivity index (χ2v) is 12.5. The first-order valence-electron chi connectivity index (χ1n) is 14.1. The number of pyridine rings is 1. The Labute approximate surface area is 255 Å². The Balaban J connectivity index is 1.11. The van der Waals surface area contributed by atoms with Crippen molar-refractivity contribution in [2.75, 3.05) is 7.11 Å². The van der Waals surface area contributed by atoms with Crippen LogP contribution in [0.1, 0.15) is 84.9 Å². The van der Waals surface area contributed by atoms with Gasteiger partial charge in [-0.2, -0.15) is 4.98 Å². The second-order valence-electron chi connectivity index (χ2n) is 11.6. The molecule has 0 atom stereocenters. The van der Waals surface area contributed by atoms with Gasteiger partial charge in [0.25, 0.3) is 0 Å². The zero-order chi connectivity index (χ0) is 29.9. The van der Waals surface area contributed by atoms with Crippen LogP contribution in [0.3, 0.4) is 0 Å². The van der Waals surface area contributed by atoms with E-state index in [0.29, 0.717) is 39.7 Å². The summed E-state index contributed by atoms with van der Waals surface area (Å²) in [4.78, 5) is 20.3. The molecule has 0 saturated heterocycles. The molecule has 224 valence electrons. The third-order valence-corrected chi connectivity index (χ3v) is 9.74. The summed E-state index contributed by atoms with van der Waals surface area (Å²) in [6.45, 7) is 0.322. The lowest BCUT2D eigenvalue weighted by Gasteiger charge is -2.51. The summed E-state index contributed by atoms with van der Waals surface area (Å²) in [7, 11) is 1.32. The number of ether oxygens (including phenoxy) is 2. The van der Waals surface area contributed by atoms with Crippen molar-refractivity contribution in [2.24, 2.45) is 0 Å². The van der Waals surface area contributed by atoms with E-state index in [1.807, 2.05) is 0 Å². The van der Waals surface area contributed by atoms with Crippen molar-refractivity contribution in [3.63, 3.8) is 0 Å². The van der Waals surface area contributed by atoms with E-state index in [4.69, 9.17) is 41.7 Å². The van der Waals surface area contributed by atoms with Gasteiger partial charge in [-0.3, -0.25) is 4.98 Å². The van der Waals surface area contributed by atoms with E-state index in [1.165, 1.54) is 19.5 Å². The minimum absolute atomic E-state index is 0.0218. The average molecular weight is 629 g/mol. The number of carboxylic acids is 1. The van der Waals surface area contributed by atoms with Crippen LogP contribution in [0.2, 0.25) is 10.0 Å². The highest BCUT2D eigenvalue weighted by atomic mass is 35.5. The van der Waals surface area contributed by atoms with E-state index >= 15 is 0 Å². The van der Waals surface area contributed by atoms with Gasteiger partial charge in [-0.1, -0.05) is 33.5 Å². The lowest BCUT2D eigenvalue weighted by Crippen LogP contribution is -2.49. The number of benzene rings is 1. The molecule has 10 nitrogen and oxygen atoms in total. The van der Waals surface area contributed by atoms with Crippen molar-refractivity contribution in [1.82, 2.24) is 20.3 Å². The maximum absolute atomic E-state index is 14.3. The van der Waals surface area contributed by atoms with Crippen LogP contribution in [0.5, 0.6) is 5.75 Å². The largest absolute Gasteiger partial charge is 0.495 e. The van der Waals surface area contributed by atoms with Crippen LogP contribution in [0.4, 0.5) is 4.39 Å². The fourth-order valence-corrected chi connectivity index (χ4v) is 7.11. The average Bonchev–Trinajstić information content (AvgIpc) is 3.56. The zero-order valence-electron chi connectivity index (χ0n) is 23.2. The molecule has 43 heavy (non-hydrogen) atoms. The van der Waals surface area contributed by atoms with E-state index in [1.54, 1.807) is 0 Å². The smallest absolute Gasteiger partial charge is 0.339 e. The van der Waals surface area contributed by atoms with Gasteiger partial charge < -0.3 is 23.6 Å². The fourth-order valence-electron chi connectivity index (χ4n) is 6.56. The molecule has 4 fully saturated rings. The molecule has 0 unspecified atom stereocenters. The summed E-state index contributed by atoms with van der Waals surface area (Å²) in [5.41, 5.74) is 1.21. The highest BCUT2D eigenvalue weighted by molar-refractivity contribution is 6.38. The summed E-state index contributed by atoms with van der Waals surface area (Å²) in [5, 5.41) is 18.8. The molecule has 4 aliphatic carbocycles. The number of carbonyl (C=O) groups is 1. The lowest BCUT2D eigenvalue weighted by molar-refractivity contribution is -0.130. The van der Waals surface area contributed by atoms with Crippen molar-refractivity contribution in [3.05, 3.63) is 63.2 Å². The van der Waals surface area contributed by atoms with Crippen LogP contribution < -0.4 is 4.74 Å². The number of hydrogen-bond acceptors (Lipinski definition) is 9. The predicted molar refractivity (Wildman–Crippen MR) is 152 cm³/mol. The van der Waals surface area contributed by atoms with E-state index in [2.05, 4.69) is 20.3 Å². The third-order valence-electron chi connectivity index (χ3n) is 9.17. The van der Waals surface area contributed by atoms with Crippen molar-refractivity contribution in [1.29, 1.82) is 0 Å². The monoisotopic (exact) mass is 628 g/mol. The summed E-state index contributed by atoms with van der Waals surface area (Å²) < 4.78 is 37.8. The molecule has 4 saturated carbocycles. The molecule has 13 heteroatoms. The minimum Gasteiger partial charge on any atom is -0.495 e.